The third-order valence-electron chi connectivity index (χ3n) is 5.78. The predicted octanol–water partition coefficient (Wildman–Crippen LogP) is 3.92. The summed E-state index contributed by atoms with van der Waals surface area (Å²) in [6.45, 7) is 4.91. The normalized spacial score (nSPS) is 16.7. The first kappa shape index (κ1) is 21.9. The van der Waals surface area contributed by atoms with Gasteiger partial charge in [0.25, 0.3) is 5.56 Å². The molecule has 2 aromatic rings. The number of benzene rings is 1. The largest absolute Gasteiger partial charge is 0.492 e. The zero-order valence-corrected chi connectivity index (χ0v) is 18.4. The van der Waals surface area contributed by atoms with E-state index >= 15 is 0 Å². The Balaban J connectivity index is 1.91. The maximum Gasteiger partial charge on any atom is 0.341 e. The molecule has 8 heteroatoms. The van der Waals surface area contributed by atoms with Crippen LogP contribution in [0, 0.1) is 17.2 Å². The minimum Gasteiger partial charge on any atom is -0.492 e. The van der Waals surface area contributed by atoms with Crippen molar-refractivity contribution >= 4 is 5.97 Å². The van der Waals surface area contributed by atoms with Crippen molar-refractivity contribution in [2.45, 2.75) is 45.3 Å². The van der Waals surface area contributed by atoms with Gasteiger partial charge in [0.1, 0.15) is 29.2 Å². The summed E-state index contributed by atoms with van der Waals surface area (Å²) in [5, 5.41) is 19.4. The van der Waals surface area contributed by atoms with Gasteiger partial charge in [-0.1, -0.05) is 13.8 Å². The lowest BCUT2D eigenvalue weighted by Crippen LogP contribution is -2.32. The predicted molar refractivity (Wildman–Crippen MR) is 116 cm³/mol. The Labute approximate surface area is 186 Å². The zero-order valence-electron chi connectivity index (χ0n) is 18.4. The number of carboxylic acids is 1. The third kappa shape index (κ3) is 3.84. The molecular weight excluding hydrogens is 412 g/mol. The Morgan fingerprint density at radius 1 is 1.31 bits per heavy atom. The summed E-state index contributed by atoms with van der Waals surface area (Å²) in [6.07, 6.45) is 1.86. The third-order valence-corrected chi connectivity index (χ3v) is 5.78. The van der Waals surface area contributed by atoms with Crippen molar-refractivity contribution in [3.63, 3.8) is 0 Å². The second-order valence-electron chi connectivity index (χ2n) is 8.51. The van der Waals surface area contributed by atoms with Crippen LogP contribution in [0.4, 0.5) is 0 Å². The number of hydrogen-bond donors (Lipinski definition) is 1. The van der Waals surface area contributed by atoms with Gasteiger partial charge in [-0.25, -0.2) is 4.79 Å². The molecule has 0 bridgehead atoms. The molecule has 1 aliphatic heterocycles. The second-order valence-corrected chi connectivity index (χ2v) is 8.51. The minimum absolute atomic E-state index is 0.0235. The van der Waals surface area contributed by atoms with Gasteiger partial charge in [0.2, 0.25) is 0 Å². The summed E-state index contributed by atoms with van der Waals surface area (Å²) in [6, 6.07) is 6.93. The van der Waals surface area contributed by atoms with Crippen LogP contribution >= 0.6 is 0 Å². The van der Waals surface area contributed by atoms with E-state index in [4.69, 9.17) is 14.2 Å². The maximum atomic E-state index is 13.1. The van der Waals surface area contributed by atoms with Crippen LogP contribution in [0.2, 0.25) is 0 Å². The Bertz CT molecular complexity index is 1160. The van der Waals surface area contributed by atoms with E-state index in [2.05, 4.69) is 6.07 Å². The van der Waals surface area contributed by atoms with E-state index in [-0.39, 0.29) is 17.5 Å². The molecule has 1 unspecified atom stereocenters. The lowest BCUT2D eigenvalue weighted by atomic mass is 9.89. The standard InChI is InChI=1S/C24H26N2O6/c1-13(2)22-17-10-18(24(28)29)23(27)26(15-5-6-15)21(17)16-9-14(12-25)19(11-20(16)32-22)31-8-4-7-30-3/h9-11,13,15,22H,4-8H2,1-3H3,(H,28,29). The average Bonchev–Trinajstić information content (AvgIpc) is 3.59. The molecule has 0 radical (unpaired) electrons. The lowest BCUT2D eigenvalue weighted by molar-refractivity contribution is 0.0693. The monoisotopic (exact) mass is 438 g/mol. The van der Waals surface area contributed by atoms with Crippen molar-refractivity contribution in [2.75, 3.05) is 20.3 Å². The van der Waals surface area contributed by atoms with E-state index in [0.717, 1.165) is 12.8 Å². The lowest BCUT2D eigenvalue weighted by Gasteiger charge is -2.33. The smallest absolute Gasteiger partial charge is 0.341 e. The average molecular weight is 438 g/mol. The van der Waals surface area contributed by atoms with Crippen LogP contribution < -0.4 is 15.0 Å². The number of methoxy groups -OCH3 is 1. The molecule has 0 spiro atoms. The number of carbonyl (C=O) groups is 1. The summed E-state index contributed by atoms with van der Waals surface area (Å²) < 4.78 is 18.7. The highest BCUT2D eigenvalue weighted by Crippen LogP contribution is 2.49. The number of nitriles is 1. The quantitative estimate of drug-likeness (QED) is 0.622. The fourth-order valence-corrected chi connectivity index (χ4v) is 4.12. The van der Waals surface area contributed by atoms with Crippen molar-refractivity contribution in [1.82, 2.24) is 4.57 Å². The SMILES string of the molecule is COCCCOc1cc2c(cc1C#N)-c1c(cc(C(=O)O)c(=O)n1C1CC1)C(C(C)C)O2. The number of pyridine rings is 1. The van der Waals surface area contributed by atoms with Gasteiger partial charge in [-0.2, -0.15) is 5.26 Å². The summed E-state index contributed by atoms with van der Waals surface area (Å²) in [5.41, 5.74) is 1.47. The van der Waals surface area contributed by atoms with Crippen LogP contribution in [0.15, 0.2) is 23.0 Å². The van der Waals surface area contributed by atoms with Crippen LogP contribution in [0.5, 0.6) is 11.5 Å². The van der Waals surface area contributed by atoms with E-state index in [1.165, 1.54) is 6.07 Å². The van der Waals surface area contributed by atoms with E-state index in [0.29, 0.717) is 53.5 Å². The van der Waals surface area contributed by atoms with E-state index in [1.54, 1.807) is 23.8 Å². The van der Waals surface area contributed by atoms with Gasteiger partial charge in [-0.3, -0.25) is 4.79 Å². The van der Waals surface area contributed by atoms with E-state index < -0.39 is 17.6 Å². The molecule has 2 aliphatic rings. The number of fused-ring (bicyclic) bond motifs is 3. The topological polar surface area (TPSA) is 111 Å². The first-order valence-electron chi connectivity index (χ1n) is 10.8. The second kappa shape index (κ2) is 8.67. The summed E-state index contributed by atoms with van der Waals surface area (Å²) >= 11 is 0. The molecule has 168 valence electrons. The van der Waals surface area contributed by atoms with Crippen molar-refractivity contribution < 1.29 is 24.1 Å². The number of aromatic nitrogens is 1. The molecule has 2 heterocycles. The molecule has 1 saturated carbocycles. The molecule has 1 aromatic carbocycles. The van der Waals surface area contributed by atoms with Gasteiger partial charge in [0.05, 0.1) is 17.9 Å². The molecule has 1 atom stereocenters. The fourth-order valence-electron chi connectivity index (χ4n) is 4.12. The number of rotatable bonds is 8. The molecule has 32 heavy (non-hydrogen) atoms. The number of aromatic carboxylic acids is 1. The number of carboxylic acid groups (broad SMARTS) is 1. The van der Waals surface area contributed by atoms with Crippen molar-refractivity contribution in [2.24, 2.45) is 5.92 Å². The highest BCUT2D eigenvalue weighted by Gasteiger charge is 2.38. The van der Waals surface area contributed by atoms with Crippen molar-refractivity contribution in [3.05, 3.63) is 45.2 Å². The van der Waals surface area contributed by atoms with E-state index in [9.17, 15) is 20.0 Å². The Kier molecular flexibility index (Phi) is 5.94. The van der Waals surface area contributed by atoms with Gasteiger partial charge < -0.3 is 23.9 Å². The van der Waals surface area contributed by atoms with Gasteiger partial charge in [0, 0.05) is 43.4 Å². The fraction of sp³-hybridized carbons (Fsp3) is 0.458. The molecule has 1 aromatic heterocycles. The Hall–Kier alpha value is -3.31. The number of hydrogen-bond acceptors (Lipinski definition) is 6. The van der Waals surface area contributed by atoms with E-state index in [1.807, 2.05) is 13.8 Å². The number of nitrogens with zero attached hydrogens (tertiary/aromatic N) is 2. The molecule has 0 saturated heterocycles. The molecular formula is C24H26N2O6. The van der Waals surface area contributed by atoms with Crippen LogP contribution in [-0.4, -0.2) is 36.0 Å². The summed E-state index contributed by atoms with van der Waals surface area (Å²) in [5.74, 6) is -0.293. The Morgan fingerprint density at radius 3 is 2.66 bits per heavy atom. The molecule has 1 N–H and O–H groups in total. The molecule has 4 rings (SSSR count). The summed E-state index contributed by atoms with van der Waals surface area (Å²) in [7, 11) is 1.62. The summed E-state index contributed by atoms with van der Waals surface area (Å²) in [4.78, 5) is 24.9. The zero-order chi connectivity index (χ0) is 23.0. The molecule has 8 nitrogen and oxygen atoms in total. The van der Waals surface area contributed by atoms with Crippen molar-refractivity contribution in [1.29, 1.82) is 5.26 Å². The maximum absolute atomic E-state index is 13.1. The highest BCUT2D eigenvalue weighted by atomic mass is 16.5. The van der Waals surface area contributed by atoms with Gasteiger partial charge >= 0.3 is 5.97 Å². The first-order valence-corrected chi connectivity index (χ1v) is 10.8. The highest BCUT2D eigenvalue weighted by molar-refractivity contribution is 5.89. The molecule has 1 aliphatic carbocycles. The van der Waals surface area contributed by atoms with Crippen LogP contribution in [0.25, 0.3) is 11.3 Å². The van der Waals surface area contributed by atoms with Gasteiger partial charge in [-0.05, 0) is 30.9 Å². The van der Waals surface area contributed by atoms with Crippen LogP contribution in [0.3, 0.4) is 0 Å². The van der Waals surface area contributed by atoms with Gasteiger partial charge in [-0.15, -0.1) is 0 Å². The molecule has 0 amide bonds. The van der Waals surface area contributed by atoms with Crippen molar-refractivity contribution in [3.8, 4) is 28.8 Å². The molecule has 1 fully saturated rings. The minimum atomic E-state index is -1.25. The number of ether oxygens (including phenoxy) is 3. The Morgan fingerprint density at radius 2 is 2.06 bits per heavy atom. The van der Waals surface area contributed by atoms with Gasteiger partial charge in [0.15, 0.2) is 0 Å². The van der Waals surface area contributed by atoms with Crippen LogP contribution in [0.1, 0.15) is 66.7 Å². The first-order chi connectivity index (χ1) is 15.4. The van der Waals surface area contributed by atoms with Crippen LogP contribution in [-0.2, 0) is 4.74 Å².